The second kappa shape index (κ2) is 5.61. The Balaban J connectivity index is 1.87. The lowest BCUT2D eigenvalue weighted by atomic mass is 9.85. The zero-order valence-corrected chi connectivity index (χ0v) is 12.6. The van der Waals surface area contributed by atoms with Gasteiger partial charge in [0.1, 0.15) is 0 Å². The van der Waals surface area contributed by atoms with E-state index in [1.165, 1.54) is 32.1 Å². The van der Waals surface area contributed by atoms with Gasteiger partial charge < -0.3 is 4.57 Å². The zero-order valence-electron chi connectivity index (χ0n) is 11.9. The number of fused-ring (bicyclic) bond motifs is 1. The Hall–Kier alpha value is -1.28. The summed E-state index contributed by atoms with van der Waals surface area (Å²) in [6, 6.07) is 5.75. The molecule has 1 saturated carbocycles. The van der Waals surface area contributed by atoms with E-state index in [0.29, 0.717) is 17.4 Å². The molecule has 2 aromatic rings. The SMILES string of the molecule is Cn1cc(C(=O)CC2CCCCC2)c2ccc(Cl)cc21. The molecule has 1 fully saturated rings. The molecule has 3 heteroatoms. The third-order valence-corrected chi connectivity index (χ3v) is 4.69. The molecule has 0 aliphatic heterocycles. The molecule has 106 valence electrons. The van der Waals surface area contributed by atoms with Crippen molar-refractivity contribution >= 4 is 28.3 Å². The number of rotatable bonds is 3. The van der Waals surface area contributed by atoms with E-state index in [4.69, 9.17) is 11.6 Å². The van der Waals surface area contributed by atoms with E-state index >= 15 is 0 Å². The number of hydrogen-bond donors (Lipinski definition) is 0. The first-order chi connectivity index (χ1) is 9.65. The maximum atomic E-state index is 12.6. The smallest absolute Gasteiger partial charge is 0.165 e. The second-order valence-corrected chi connectivity index (χ2v) is 6.38. The molecule has 0 bridgehead atoms. The molecule has 1 aliphatic carbocycles. The van der Waals surface area contributed by atoms with Gasteiger partial charge in [-0.3, -0.25) is 4.79 Å². The average Bonchev–Trinajstić information content (AvgIpc) is 2.77. The highest BCUT2D eigenvalue weighted by Gasteiger charge is 2.20. The number of aryl methyl sites for hydroxylation is 1. The fourth-order valence-electron chi connectivity index (χ4n) is 3.34. The van der Waals surface area contributed by atoms with Crippen LogP contribution in [0.1, 0.15) is 48.9 Å². The lowest BCUT2D eigenvalue weighted by molar-refractivity contribution is 0.0951. The van der Waals surface area contributed by atoms with Gasteiger partial charge in [0.25, 0.3) is 0 Å². The summed E-state index contributed by atoms with van der Waals surface area (Å²) in [5, 5.41) is 1.74. The number of nitrogens with zero attached hydrogens (tertiary/aromatic N) is 1. The van der Waals surface area contributed by atoms with Gasteiger partial charge in [0.15, 0.2) is 5.78 Å². The van der Waals surface area contributed by atoms with Crippen LogP contribution in [0.3, 0.4) is 0 Å². The van der Waals surface area contributed by atoms with Crippen LogP contribution in [-0.2, 0) is 7.05 Å². The van der Waals surface area contributed by atoms with Gasteiger partial charge in [-0.15, -0.1) is 0 Å². The average molecular weight is 290 g/mol. The highest BCUT2D eigenvalue weighted by Crippen LogP contribution is 2.30. The maximum absolute atomic E-state index is 12.6. The summed E-state index contributed by atoms with van der Waals surface area (Å²) in [4.78, 5) is 12.6. The van der Waals surface area contributed by atoms with E-state index in [9.17, 15) is 4.79 Å². The summed E-state index contributed by atoms with van der Waals surface area (Å²) in [5.74, 6) is 0.864. The lowest BCUT2D eigenvalue weighted by Gasteiger charge is -2.20. The monoisotopic (exact) mass is 289 g/mol. The molecule has 1 aliphatic rings. The molecule has 3 rings (SSSR count). The number of benzene rings is 1. The number of carbonyl (C=O) groups is 1. The minimum atomic E-state index is 0.282. The third-order valence-electron chi connectivity index (χ3n) is 4.45. The van der Waals surface area contributed by atoms with Gasteiger partial charge in [0.05, 0.1) is 0 Å². The molecule has 0 spiro atoms. The summed E-state index contributed by atoms with van der Waals surface area (Å²) in [7, 11) is 1.97. The van der Waals surface area contributed by atoms with Crippen LogP contribution >= 0.6 is 11.6 Å². The molecular formula is C17H20ClNO. The Morgan fingerprint density at radius 2 is 2.05 bits per heavy atom. The van der Waals surface area contributed by atoms with Crippen molar-refractivity contribution in [2.75, 3.05) is 0 Å². The molecule has 0 atom stereocenters. The van der Waals surface area contributed by atoms with Crippen LogP contribution in [-0.4, -0.2) is 10.4 Å². The van der Waals surface area contributed by atoms with Crippen molar-refractivity contribution in [3.8, 4) is 0 Å². The summed E-state index contributed by atoms with van der Waals surface area (Å²) < 4.78 is 2.00. The van der Waals surface area contributed by atoms with Gasteiger partial charge in [0, 0.05) is 41.2 Å². The van der Waals surface area contributed by atoms with Crippen LogP contribution in [0.15, 0.2) is 24.4 Å². The number of aromatic nitrogens is 1. The van der Waals surface area contributed by atoms with Crippen LogP contribution < -0.4 is 0 Å². The third kappa shape index (κ3) is 2.62. The van der Waals surface area contributed by atoms with Gasteiger partial charge in [-0.2, -0.15) is 0 Å². The van der Waals surface area contributed by atoms with Crippen molar-refractivity contribution < 1.29 is 4.79 Å². The van der Waals surface area contributed by atoms with Crippen molar-refractivity contribution in [3.63, 3.8) is 0 Å². The van der Waals surface area contributed by atoms with E-state index in [0.717, 1.165) is 16.5 Å². The first kappa shape index (κ1) is 13.7. The fourth-order valence-corrected chi connectivity index (χ4v) is 3.51. The largest absolute Gasteiger partial charge is 0.350 e. The minimum absolute atomic E-state index is 0.282. The predicted molar refractivity (Wildman–Crippen MR) is 83.5 cm³/mol. The first-order valence-corrected chi connectivity index (χ1v) is 7.81. The second-order valence-electron chi connectivity index (χ2n) is 5.95. The maximum Gasteiger partial charge on any atom is 0.165 e. The minimum Gasteiger partial charge on any atom is -0.350 e. The molecule has 0 amide bonds. The number of ketones is 1. The highest BCUT2D eigenvalue weighted by molar-refractivity contribution is 6.31. The van der Waals surface area contributed by atoms with Crippen molar-refractivity contribution in [2.45, 2.75) is 38.5 Å². The Morgan fingerprint density at radius 1 is 1.30 bits per heavy atom. The van der Waals surface area contributed by atoms with Crippen molar-refractivity contribution in [2.24, 2.45) is 13.0 Å². The van der Waals surface area contributed by atoms with Crippen molar-refractivity contribution in [3.05, 3.63) is 35.0 Å². The molecule has 1 aromatic heterocycles. The lowest BCUT2D eigenvalue weighted by Crippen LogP contribution is -2.12. The molecule has 1 heterocycles. The predicted octanol–water partition coefficient (Wildman–Crippen LogP) is 4.98. The Bertz CT molecular complexity index is 638. The van der Waals surface area contributed by atoms with Gasteiger partial charge >= 0.3 is 0 Å². The highest BCUT2D eigenvalue weighted by atomic mass is 35.5. The van der Waals surface area contributed by atoms with E-state index < -0.39 is 0 Å². The topological polar surface area (TPSA) is 22.0 Å². The molecule has 0 N–H and O–H groups in total. The number of carbonyl (C=O) groups excluding carboxylic acids is 1. The van der Waals surface area contributed by atoms with Gasteiger partial charge in [0.2, 0.25) is 0 Å². The quantitative estimate of drug-likeness (QED) is 0.730. The fraction of sp³-hybridized carbons (Fsp3) is 0.471. The molecule has 1 aromatic carbocycles. The number of Topliss-reactive ketones (excluding diaryl/α,β-unsaturated/α-hetero) is 1. The van der Waals surface area contributed by atoms with E-state index in [2.05, 4.69) is 0 Å². The summed E-state index contributed by atoms with van der Waals surface area (Å²) >= 11 is 6.04. The van der Waals surface area contributed by atoms with Gasteiger partial charge in [-0.25, -0.2) is 0 Å². The van der Waals surface area contributed by atoms with Crippen LogP contribution in [0.4, 0.5) is 0 Å². The van der Waals surface area contributed by atoms with Gasteiger partial charge in [-0.05, 0) is 18.1 Å². The van der Waals surface area contributed by atoms with Crippen molar-refractivity contribution in [1.82, 2.24) is 4.57 Å². The standard InChI is InChI=1S/C17H20ClNO/c1-19-11-15(14-8-7-13(18)10-16(14)19)17(20)9-12-5-3-2-4-6-12/h7-8,10-12H,2-6,9H2,1H3. The van der Waals surface area contributed by atoms with Gasteiger partial charge in [-0.1, -0.05) is 49.8 Å². The van der Waals surface area contributed by atoms with Crippen LogP contribution in [0.2, 0.25) is 5.02 Å². The zero-order chi connectivity index (χ0) is 14.1. The van der Waals surface area contributed by atoms with Crippen LogP contribution in [0.25, 0.3) is 10.9 Å². The Kier molecular flexibility index (Phi) is 3.84. The van der Waals surface area contributed by atoms with Crippen LogP contribution in [0.5, 0.6) is 0 Å². The molecule has 2 nitrogen and oxygen atoms in total. The van der Waals surface area contributed by atoms with E-state index in [1.807, 2.05) is 36.0 Å². The summed E-state index contributed by atoms with van der Waals surface area (Å²) in [6.45, 7) is 0. The molecule has 0 saturated heterocycles. The number of halogens is 1. The molecule has 0 unspecified atom stereocenters. The van der Waals surface area contributed by atoms with E-state index in [-0.39, 0.29) is 5.78 Å². The Labute approximate surface area is 124 Å². The molecular weight excluding hydrogens is 270 g/mol. The Morgan fingerprint density at radius 3 is 2.80 bits per heavy atom. The van der Waals surface area contributed by atoms with E-state index in [1.54, 1.807) is 0 Å². The first-order valence-electron chi connectivity index (χ1n) is 7.43. The molecule has 0 radical (unpaired) electrons. The summed E-state index contributed by atoms with van der Waals surface area (Å²) in [6.07, 6.45) is 8.96. The normalized spacial score (nSPS) is 16.7. The summed E-state index contributed by atoms with van der Waals surface area (Å²) in [5.41, 5.74) is 1.88. The van der Waals surface area contributed by atoms with Crippen molar-refractivity contribution in [1.29, 1.82) is 0 Å². The number of hydrogen-bond acceptors (Lipinski definition) is 1. The molecule has 20 heavy (non-hydrogen) atoms. The van der Waals surface area contributed by atoms with Crippen LogP contribution in [0, 0.1) is 5.92 Å².